The summed E-state index contributed by atoms with van der Waals surface area (Å²) in [5.41, 5.74) is 28.4. The predicted molar refractivity (Wildman–Crippen MR) is 86.0 cm³/mol. The third kappa shape index (κ3) is 2.57. The molecule has 0 saturated heterocycles. The van der Waals surface area contributed by atoms with Crippen LogP contribution in [0.5, 0.6) is 0 Å². The van der Waals surface area contributed by atoms with Crippen LogP contribution in [-0.4, -0.2) is 0 Å². The van der Waals surface area contributed by atoms with Gasteiger partial charge in [0.1, 0.15) is 0 Å². The summed E-state index contributed by atoms with van der Waals surface area (Å²) < 4.78 is 0. The lowest BCUT2D eigenvalue weighted by Gasteiger charge is -2.32. The molecule has 0 aliphatic carbocycles. The Morgan fingerprint density at radius 3 is 1.53 bits per heavy atom. The van der Waals surface area contributed by atoms with E-state index >= 15 is 0 Å². The predicted octanol–water partition coefficient (Wildman–Crippen LogP) is 3.07. The zero-order valence-electron chi connectivity index (χ0n) is 13.0. The zero-order chi connectivity index (χ0) is 15.1. The Kier molecular flexibility index (Phi) is 3.94. The summed E-state index contributed by atoms with van der Waals surface area (Å²) in [6.07, 6.45) is 0. The molecule has 4 heteroatoms. The van der Waals surface area contributed by atoms with Crippen LogP contribution in [0.25, 0.3) is 0 Å². The number of nitrogen functional groups attached to an aromatic ring is 4. The smallest absolute Gasteiger partial charge is 0.0806 e. The second-order valence-corrected chi connectivity index (χ2v) is 6.73. The van der Waals surface area contributed by atoms with Crippen molar-refractivity contribution in [2.75, 3.05) is 22.9 Å². The maximum atomic E-state index is 6.23. The van der Waals surface area contributed by atoms with E-state index in [0.29, 0.717) is 28.7 Å². The molecule has 0 saturated carbocycles. The average Bonchev–Trinajstić information content (AvgIpc) is 2.28. The third-order valence-corrected chi connectivity index (χ3v) is 3.90. The Morgan fingerprint density at radius 2 is 1.16 bits per heavy atom. The highest BCUT2D eigenvalue weighted by molar-refractivity contribution is 5.91. The molecular formula is C15H28N4. The zero-order valence-corrected chi connectivity index (χ0v) is 13.0. The van der Waals surface area contributed by atoms with Crippen LogP contribution in [0.4, 0.5) is 22.7 Å². The minimum atomic E-state index is -0.126. The molecule has 0 radical (unpaired) electrons. The van der Waals surface area contributed by atoms with Crippen molar-refractivity contribution in [3.05, 3.63) is 11.1 Å². The molecule has 0 aromatic heterocycles. The van der Waals surface area contributed by atoms with Crippen molar-refractivity contribution in [1.29, 1.82) is 0 Å². The molecule has 1 atom stereocenters. The van der Waals surface area contributed by atoms with Crippen molar-refractivity contribution in [3.8, 4) is 0 Å². The van der Waals surface area contributed by atoms with Gasteiger partial charge in [0, 0.05) is 0 Å². The maximum absolute atomic E-state index is 6.23. The summed E-state index contributed by atoms with van der Waals surface area (Å²) >= 11 is 0. The van der Waals surface area contributed by atoms with Crippen molar-refractivity contribution in [3.63, 3.8) is 0 Å². The van der Waals surface area contributed by atoms with E-state index < -0.39 is 0 Å². The van der Waals surface area contributed by atoms with E-state index in [0.717, 1.165) is 11.1 Å². The molecular weight excluding hydrogens is 236 g/mol. The summed E-state index contributed by atoms with van der Waals surface area (Å²) in [7, 11) is 0. The van der Waals surface area contributed by atoms with Crippen LogP contribution in [0, 0.1) is 5.92 Å². The molecule has 0 amide bonds. The van der Waals surface area contributed by atoms with E-state index in [1.54, 1.807) is 0 Å². The van der Waals surface area contributed by atoms with Gasteiger partial charge in [-0.15, -0.1) is 0 Å². The number of benzene rings is 1. The maximum Gasteiger partial charge on any atom is 0.0806 e. The molecule has 0 fully saturated rings. The normalized spacial score (nSPS) is 13.8. The van der Waals surface area contributed by atoms with Gasteiger partial charge in [-0.3, -0.25) is 0 Å². The van der Waals surface area contributed by atoms with Crippen molar-refractivity contribution in [2.45, 2.75) is 52.9 Å². The Balaban J connectivity index is 3.78. The van der Waals surface area contributed by atoms with E-state index in [1.807, 2.05) is 0 Å². The van der Waals surface area contributed by atoms with Crippen LogP contribution in [-0.2, 0) is 5.41 Å². The van der Waals surface area contributed by atoms with Gasteiger partial charge in [0.2, 0.25) is 0 Å². The van der Waals surface area contributed by atoms with Gasteiger partial charge < -0.3 is 22.9 Å². The number of rotatable bonds is 2. The summed E-state index contributed by atoms with van der Waals surface area (Å²) in [5.74, 6) is 0.727. The second kappa shape index (κ2) is 4.83. The van der Waals surface area contributed by atoms with Crippen LogP contribution < -0.4 is 22.9 Å². The highest BCUT2D eigenvalue weighted by atomic mass is 14.8. The van der Waals surface area contributed by atoms with Crippen LogP contribution in [0.1, 0.15) is 58.6 Å². The van der Waals surface area contributed by atoms with E-state index in [4.69, 9.17) is 22.9 Å². The van der Waals surface area contributed by atoms with E-state index in [9.17, 15) is 0 Å². The van der Waals surface area contributed by atoms with Crippen molar-refractivity contribution >= 4 is 22.7 Å². The highest BCUT2D eigenvalue weighted by Gasteiger charge is 2.29. The molecule has 1 aromatic rings. The third-order valence-electron chi connectivity index (χ3n) is 3.90. The topological polar surface area (TPSA) is 104 Å². The number of hydrogen-bond acceptors (Lipinski definition) is 4. The van der Waals surface area contributed by atoms with Crippen LogP contribution in [0.3, 0.4) is 0 Å². The molecule has 4 nitrogen and oxygen atoms in total. The first-order valence-electron chi connectivity index (χ1n) is 6.76. The van der Waals surface area contributed by atoms with Gasteiger partial charge in [0.05, 0.1) is 22.7 Å². The summed E-state index contributed by atoms with van der Waals surface area (Å²) in [5, 5.41) is 0. The first-order valence-corrected chi connectivity index (χ1v) is 6.76. The van der Waals surface area contributed by atoms with Gasteiger partial charge in [-0.1, -0.05) is 41.5 Å². The van der Waals surface area contributed by atoms with Gasteiger partial charge in [0.25, 0.3) is 0 Å². The first kappa shape index (κ1) is 15.5. The summed E-state index contributed by atoms with van der Waals surface area (Å²) in [6.45, 7) is 12.8. The Morgan fingerprint density at radius 1 is 0.737 bits per heavy atom. The minimum absolute atomic E-state index is 0.126. The summed E-state index contributed by atoms with van der Waals surface area (Å²) in [4.78, 5) is 0. The number of anilines is 4. The van der Waals surface area contributed by atoms with Gasteiger partial charge in [-0.2, -0.15) is 0 Å². The van der Waals surface area contributed by atoms with E-state index in [1.165, 1.54) is 0 Å². The van der Waals surface area contributed by atoms with Crippen molar-refractivity contribution in [2.24, 2.45) is 5.92 Å². The van der Waals surface area contributed by atoms with Crippen molar-refractivity contribution < 1.29 is 0 Å². The van der Waals surface area contributed by atoms with Gasteiger partial charge in [0.15, 0.2) is 0 Å². The lowest BCUT2D eigenvalue weighted by atomic mass is 9.75. The molecule has 0 aliphatic rings. The molecule has 0 aliphatic heterocycles. The fourth-order valence-corrected chi connectivity index (χ4v) is 2.46. The Hall–Kier alpha value is -1.58. The SMILES string of the molecule is CC(C)[C@@H](C)c1c(N)c(N)c(N)c(N)c1C(C)(C)C. The molecule has 0 bridgehead atoms. The van der Waals surface area contributed by atoms with Crippen LogP contribution >= 0.6 is 0 Å². The fourth-order valence-electron chi connectivity index (χ4n) is 2.46. The lowest BCUT2D eigenvalue weighted by Crippen LogP contribution is -2.23. The van der Waals surface area contributed by atoms with Crippen LogP contribution in [0.15, 0.2) is 0 Å². The lowest BCUT2D eigenvalue weighted by molar-refractivity contribution is 0.512. The molecule has 1 aromatic carbocycles. The van der Waals surface area contributed by atoms with Gasteiger partial charge >= 0.3 is 0 Å². The van der Waals surface area contributed by atoms with Crippen molar-refractivity contribution in [1.82, 2.24) is 0 Å². The van der Waals surface area contributed by atoms with E-state index in [-0.39, 0.29) is 11.3 Å². The standard InChI is InChI=1S/C15H28N4/c1-7(2)8(3)9-10(15(4,5)6)12(17)14(19)13(18)11(9)16/h7-8H,16-19H2,1-6H3/t8-/m1/s1. The second-order valence-electron chi connectivity index (χ2n) is 6.73. The minimum Gasteiger partial charge on any atom is -0.397 e. The molecule has 0 heterocycles. The molecule has 1 rings (SSSR count). The summed E-state index contributed by atoms with van der Waals surface area (Å²) in [6, 6.07) is 0. The van der Waals surface area contributed by atoms with E-state index in [2.05, 4.69) is 41.5 Å². The first-order chi connectivity index (χ1) is 8.50. The number of hydrogen-bond donors (Lipinski definition) is 4. The van der Waals surface area contributed by atoms with Gasteiger partial charge in [-0.25, -0.2) is 0 Å². The fraction of sp³-hybridized carbons (Fsp3) is 0.600. The Bertz CT molecular complexity index is 484. The highest BCUT2D eigenvalue weighted by Crippen LogP contribution is 2.46. The van der Waals surface area contributed by atoms with Gasteiger partial charge in [-0.05, 0) is 28.4 Å². The van der Waals surface area contributed by atoms with Crippen LogP contribution in [0.2, 0.25) is 0 Å². The molecule has 0 unspecified atom stereocenters. The largest absolute Gasteiger partial charge is 0.397 e. The Labute approximate surface area is 116 Å². The number of nitrogens with two attached hydrogens (primary N) is 4. The average molecular weight is 264 g/mol. The monoisotopic (exact) mass is 264 g/mol. The molecule has 19 heavy (non-hydrogen) atoms. The quantitative estimate of drug-likeness (QED) is 0.616. The molecule has 0 spiro atoms. The molecule has 108 valence electrons. The molecule has 8 N–H and O–H groups in total.